The van der Waals surface area contributed by atoms with E-state index in [1.807, 2.05) is 41.2 Å². The fraction of sp³-hybridized carbons (Fsp3) is 0.281. The van der Waals surface area contributed by atoms with Crippen LogP contribution in [-0.2, 0) is 19.1 Å². The predicted octanol–water partition coefficient (Wildman–Crippen LogP) is 6.45. The van der Waals surface area contributed by atoms with Crippen molar-refractivity contribution in [2.24, 2.45) is 0 Å². The van der Waals surface area contributed by atoms with Gasteiger partial charge in [-0.2, -0.15) is 18.3 Å². The van der Waals surface area contributed by atoms with Crippen LogP contribution in [0.2, 0.25) is 0 Å². The Labute approximate surface area is 237 Å². The SMILES string of the molecule is Cc1ccc(Cc2nc(N3CCCN(Cc4ccc(C(F)(F)F)cc4)CC3)c3cnn(-c4ccccc4)c3n2)cc1. The van der Waals surface area contributed by atoms with Gasteiger partial charge < -0.3 is 4.90 Å². The first-order chi connectivity index (χ1) is 19.8. The molecule has 9 heteroatoms. The molecular formula is C32H31F3N6. The normalized spacial score (nSPS) is 14.9. The first kappa shape index (κ1) is 27.0. The molecule has 6 rings (SSSR count). The second-order valence-corrected chi connectivity index (χ2v) is 10.6. The van der Waals surface area contributed by atoms with Gasteiger partial charge in [-0.3, -0.25) is 4.90 Å². The maximum Gasteiger partial charge on any atom is 0.416 e. The summed E-state index contributed by atoms with van der Waals surface area (Å²) in [7, 11) is 0. The molecule has 0 N–H and O–H groups in total. The van der Waals surface area contributed by atoms with Crippen molar-refractivity contribution in [2.75, 3.05) is 31.1 Å². The number of hydrogen-bond donors (Lipinski definition) is 0. The zero-order valence-corrected chi connectivity index (χ0v) is 22.8. The van der Waals surface area contributed by atoms with Crippen LogP contribution in [0.1, 0.15) is 34.5 Å². The van der Waals surface area contributed by atoms with Gasteiger partial charge in [0.05, 0.1) is 22.8 Å². The third-order valence-electron chi connectivity index (χ3n) is 7.51. The highest BCUT2D eigenvalue weighted by Crippen LogP contribution is 2.30. The van der Waals surface area contributed by atoms with Gasteiger partial charge in [0, 0.05) is 39.1 Å². The van der Waals surface area contributed by atoms with Crippen LogP contribution >= 0.6 is 0 Å². The van der Waals surface area contributed by atoms with Crippen molar-refractivity contribution in [3.8, 4) is 5.69 Å². The van der Waals surface area contributed by atoms with Crippen molar-refractivity contribution in [3.05, 3.63) is 113 Å². The number of para-hydroxylation sites is 1. The highest BCUT2D eigenvalue weighted by molar-refractivity contribution is 5.88. The monoisotopic (exact) mass is 556 g/mol. The Morgan fingerprint density at radius 1 is 0.780 bits per heavy atom. The number of nitrogens with zero attached hydrogens (tertiary/aromatic N) is 6. The Hall–Kier alpha value is -4.24. The lowest BCUT2D eigenvalue weighted by Crippen LogP contribution is -2.31. The molecular weight excluding hydrogens is 525 g/mol. The average molecular weight is 557 g/mol. The Kier molecular flexibility index (Phi) is 7.45. The van der Waals surface area contributed by atoms with Gasteiger partial charge in [0.1, 0.15) is 11.6 Å². The minimum Gasteiger partial charge on any atom is -0.355 e. The Morgan fingerprint density at radius 2 is 1.51 bits per heavy atom. The van der Waals surface area contributed by atoms with Gasteiger partial charge in [-0.05, 0) is 48.7 Å². The second kappa shape index (κ2) is 11.3. The first-order valence-corrected chi connectivity index (χ1v) is 13.8. The molecule has 0 spiro atoms. The molecule has 1 saturated heterocycles. The average Bonchev–Trinajstić information content (AvgIpc) is 3.26. The zero-order chi connectivity index (χ0) is 28.4. The van der Waals surface area contributed by atoms with Crippen LogP contribution in [0.5, 0.6) is 0 Å². The van der Waals surface area contributed by atoms with Gasteiger partial charge in [-0.15, -0.1) is 0 Å². The maximum absolute atomic E-state index is 13.0. The third kappa shape index (κ3) is 6.10. The molecule has 3 aromatic carbocycles. The lowest BCUT2D eigenvalue weighted by molar-refractivity contribution is -0.137. The van der Waals surface area contributed by atoms with E-state index >= 15 is 0 Å². The van der Waals surface area contributed by atoms with E-state index in [9.17, 15) is 13.2 Å². The molecule has 0 amide bonds. The standard InChI is InChI=1S/C32H31F3N6/c1-23-8-10-24(11-9-23)20-29-37-30(28-21-36-41(31(28)38-29)27-6-3-2-4-7-27)40-17-5-16-39(18-19-40)22-25-12-14-26(15-13-25)32(33,34)35/h2-4,6-15,21H,5,16-20,22H2,1H3. The van der Waals surface area contributed by atoms with Crippen LogP contribution < -0.4 is 4.90 Å². The summed E-state index contributed by atoms with van der Waals surface area (Å²) in [6.07, 6.45) is -0.960. The van der Waals surface area contributed by atoms with E-state index in [1.165, 1.54) is 5.56 Å². The predicted molar refractivity (Wildman–Crippen MR) is 154 cm³/mol. The van der Waals surface area contributed by atoms with Crippen LogP contribution in [0.25, 0.3) is 16.7 Å². The van der Waals surface area contributed by atoms with Crippen LogP contribution in [0.4, 0.5) is 19.0 Å². The van der Waals surface area contributed by atoms with Crippen LogP contribution in [-0.4, -0.2) is 50.8 Å². The van der Waals surface area contributed by atoms with Crippen molar-refractivity contribution >= 4 is 16.9 Å². The molecule has 0 atom stereocenters. The minimum absolute atomic E-state index is 0.607. The minimum atomic E-state index is -4.32. The van der Waals surface area contributed by atoms with Crippen molar-refractivity contribution in [1.29, 1.82) is 0 Å². The van der Waals surface area contributed by atoms with Gasteiger partial charge in [0.25, 0.3) is 0 Å². The Balaban J connectivity index is 1.27. The number of rotatable bonds is 6. The van der Waals surface area contributed by atoms with E-state index in [1.54, 1.807) is 12.1 Å². The third-order valence-corrected chi connectivity index (χ3v) is 7.51. The van der Waals surface area contributed by atoms with Gasteiger partial charge in [-0.25, -0.2) is 14.6 Å². The van der Waals surface area contributed by atoms with Gasteiger partial charge in [0.2, 0.25) is 0 Å². The topological polar surface area (TPSA) is 50.1 Å². The first-order valence-electron chi connectivity index (χ1n) is 13.8. The maximum atomic E-state index is 13.0. The molecule has 0 aliphatic carbocycles. The van der Waals surface area contributed by atoms with Crippen molar-refractivity contribution < 1.29 is 13.2 Å². The number of aromatic nitrogens is 4. The number of halogens is 3. The highest BCUT2D eigenvalue weighted by Gasteiger charge is 2.30. The van der Waals surface area contributed by atoms with E-state index in [2.05, 4.69) is 41.0 Å². The molecule has 1 aliphatic rings. The number of hydrogen-bond acceptors (Lipinski definition) is 5. The molecule has 210 valence electrons. The van der Waals surface area contributed by atoms with Gasteiger partial charge in [-0.1, -0.05) is 60.2 Å². The van der Waals surface area contributed by atoms with E-state index in [-0.39, 0.29) is 0 Å². The van der Waals surface area contributed by atoms with Crippen LogP contribution in [0.3, 0.4) is 0 Å². The summed E-state index contributed by atoms with van der Waals surface area (Å²) in [5.41, 5.74) is 4.32. The van der Waals surface area contributed by atoms with Gasteiger partial charge in [0.15, 0.2) is 5.65 Å². The van der Waals surface area contributed by atoms with E-state index in [0.717, 1.165) is 84.2 Å². The summed E-state index contributed by atoms with van der Waals surface area (Å²) in [6.45, 7) is 5.86. The van der Waals surface area contributed by atoms with Crippen molar-refractivity contribution in [2.45, 2.75) is 32.5 Å². The molecule has 0 radical (unpaired) electrons. The molecule has 0 unspecified atom stereocenters. The summed E-state index contributed by atoms with van der Waals surface area (Å²) in [4.78, 5) is 14.6. The van der Waals surface area contributed by atoms with E-state index < -0.39 is 11.7 Å². The fourth-order valence-corrected chi connectivity index (χ4v) is 5.30. The largest absolute Gasteiger partial charge is 0.416 e. The summed E-state index contributed by atoms with van der Waals surface area (Å²) < 4.78 is 40.8. The molecule has 1 aliphatic heterocycles. The molecule has 5 aromatic rings. The van der Waals surface area contributed by atoms with E-state index in [4.69, 9.17) is 15.1 Å². The number of benzene rings is 3. The molecule has 1 fully saturated rings. The number of fused-ring (bicyclic) bond motifs is 1. The van der Waals surface area contributed by atoms with Crippen molar-refractivity contribution in [1.82, 2.24) is 24.6 Å². The van der Waals surface area contributed by atoms with Crippen LogP contribution in [0.15, 0.2) is 85.1 Å². The number of aryl methyl sites for hydroxylation is 1. The lowest BCUT2D eigenvalue weighted by Gasteiger charge is -2.24. The Morgan fingerprint density at radius 3 is 2.24 bits per heavy atom. The molecule has 3 heterocycles. The molecule has 6 nitrogen and oxygen atoms in total. The molecule has 0 saturated carbocycles. The molecule has 2 aromatic heterocycles. The summed E-state index contributed by atoms with van der Waals surface area (Å²) in [6, 6.07) is 23.9. The highest BCUT2D eigenvalue weighted by atomic mass is 19.4. The quantitative estimate of drug-likeness (QED) is 0.241. The van der Waals surface area contributed by atoms with Crippen LogP contribution in [0, 0.1) is 6.92 Å². The lowest BCUT2D eigenvalue weighted by atomic mass is 10.1. The van der Waals surface area contributed by atoms with Gasteiger partial charge >= 0.3 is 6.18 Å². The second-order valence-electron chi connectivity index (χ2n) is 10.6. The summed E-state index contributed by atoms with van der Waals surface area (Å²) in [5, 5.41) is 5.60. The smallest absolute Gasteiger partial charge is 0.355 e. The number of anilines is 1. The zero-order valence-electron chi connectivity index (χ0n) is 22.8. The fourth-order valence-electron chi connectivity index (χ4n) is 5.30. The Bertz CT molecular complexity index is 1610. The number of alkyl halides is 3. The molecule has 0 bridgehead atoms. The van der Waals surface area contributed by atoms with E-state index in [0.29, 0.717) is 13.0 Å². The summed E-state index contributed by atoms with van der Waals surface area (Å²) in [5.74, 6) is 1.61. The molecule has 41 heavy (non-hydrogen) atoms. The summed E-state index contributed by atoms with van der Waals surface area (Å²) >= 11 is 0. The van der Waals surface area contributed by atoms with Crippen molar-refractivity contribution in [3.63, 3.8) is 0 Å².